The highest BCUT2D eigenvalue weighted by atomic mass is 35.5. The molecule has 0 aliphatic rings. The molecule has 0 aliphatic heterocycles. The molecule has 4 heteroatoms. The summed E-state index contributed by atoms with van der Waals surface area (Å²) < 4.78 is 15.7. The predicted octanol–water partition coefficient (Wildman–Crippen LogP) is 3.44. The summed E-state index contributed by atoms with van der Waals surface area (Å²) in [7, 11) is 0. The van der Waals surface area contributed by atoms with E-state index in [1.54, 1.807) is 12.1 Å². The lowest BCUT2D eigenvalue weighted by molar-refractivity contribution is 0.590. The molecule has 2 aromatic rings. The Morgan fingerprint density at radius 1 is 1.33 bits per heavy atom. The van der Waals surface area contributed by atoms with Crippen molar-refractivity contribution in [2.75, 3.05) is 6.54 Å². The van der Waals surface area contributed by atoms with Gasteiger partial charge in [0.05, 0.1) is 6.54 Å². The molecule has 1 N–H and O–H groups in total. The van der Waals surface area contributed by atoms with Gasteiger partial charge < -0.3 is 9.88 Å². The summed E-state index contributed by atoms with van der Waals surface area (Å²) in [5, 5.41) is 3.69. The van der Waals surface area contributed by atoms with Crippen molar-refractivity contribution < 1.29 is 4.39 Å². The first kappa shape index (κ1) is 13.1. The number of hydrogen-bond acceptors (Lipinski definition) is 1. The van der Waals surface area contributed by atoms with Crippen molar-refractivity contribution in [3.05, 3.63) is 58.6 Å². The van der Waals surface area contributed by atoms with E-state index >= 15 is 0 Å². The molecule has 0 saturated carbocycles. The average Bonchev–Trinajstić information content (AvgIpc) is 2.77. The molecular formula is C14H16ClFN2. The van der Waals surface area contributed by atoms with Gasteiger partial charge in [-0.25, -0.2) is 4.39 Å². The molecule has 1 heterocycles. The molecule has 0 bridgehead atoms. The summed E-state index contributed by atoms with van der Waals surface area (Å²) >= 11 is 5.74. The van der Waals surface area contributed by atoms with Crippen LogP contribution < -0.4 is 5.32 Å². The molecule has 2 nitrogen and oxygen atoms in total. The van der Waals surface area contributed by atoms with E-state index in [1.807, 2.05) is 22.9 Å². The maximum Gasteiger partial charge on any atom is 0.129 e. The van der Waals surface area contributed by atoms with E-state index in [1.165, 1.54) is 6.07 Å². The van der Waals surface area contributed by atoms with Gasteiger partial charge in [-0.15, -0.1) is 0 Å². The van der Waals surface area contributed by atoms with Crippen LogP contribution in [-0.4, -0.2) is 11.1 Å². The van der Waals surface area contributed by atoms with E-state index < -0.39 is 0 Å². The molecule has 0 aliphatic carbocycles. The van der Waals surface area contributed by atoms with E-state index in [-0.39, 0.29) is 5.82 Å². The van der Waals surface area contributed by atoms with E-state index in [0.717, 1.165) is 18.8 Å². The molecule has 18 heavy (non-hydrogen) atoms. The van der Waals surface area contributed by atoms with Crippen molar-refractivity contribution in [2.24, 2.45) is 0 Å². The number of hydrogen-bond donors (Lipinski definition) is 1. The summed E-state index contributed by atoms with van der Waals surface area (Å²) in [4.78, 5) is 0. The van der Waals surface area contributed by atoms with Crippen LogP contribution >= 0.6 is 11.6 Å². The highest BCUT2D eigenvalue weighted by Gasteiger charge is 2.06. The van der Waals surface area contributed by atoms with Crippen molar-refractivity contribution in [3.63, 3.8) is 0 Å². The van der Waals surface area contributed by atoms with Crippen LogP contribution in [0.1, 0.15) is 18.2 Å². The molecule has 0 saturated heterocycles. The lowest BCUT2D eigenvalue weighted by Crippen LogP contribution is -2.15. The number of nitrogens with zero attached hydrogens (tertiary/aromatic N) is 1. The van der Waals surface area contributed by atoms with Crippen LogP contribution in [0.2, 0.25) is 5.02 Å². The molecule has 96 valence electrons. The Bertz CT molecular complexity index is 522. The third-order valence-electron chi connectivity index (χ3n) is 2.84. The average molecular weight is 267 g/mol. The van der Waals surface area contributed by atoms with Crippen molar-refractivity contribution in [1.82, 2.24) is 9.88 Å². The van der Waals surface area contributed by atoms with Crippen molar-refractivity contribution >= 4 is 11.6 Å². The van der Waals surface area contributed by atoms with Gasteiger partial charge in [0.15, 0.2) is 0 Å². The van der Waals surface area contributed by atoms with E-state index in [0.29, 0.717) is 17.1 Å². The normalized spacial score (nSPS) is 10.8. The highest BCUT2D eigenvalue weighted by Crippen LogP contribution is 2.16. The van der Waals surface area contributed by atoms with Crippen molar-refractivity contribution in [1.29, 1.82) is 0 Å². The number of aromatic nitrogens is 1. The quantitative estimate of drug-likeness (QED) is 0.877. The molecular weight excluding hydrogens is 251 g/mol. The third-order valence-corrected chi connectivity index (χ3v) is 3.07. The second kappa shape index (κ2) is 6.03. The summed E-state index contributed by atoms with van der Waals surface area (Å²) in [6, 6.07) is 8.81. The van der Waals surface area contributed by atoms with Crippen LogP contribution in [0.5, 0.6) is 0 Å². The fourth-order valence-electron chi connectivity index (χ4n) is 1.85. The standard InChI is InChI=1S/C14H16ClFN2/c1-2-17-9-13-4-3-7-18(13)10-11-5-6-12(15)8-14(11)16/h3-8,17H,2,9-10H2,1H3. The molecule has 1 aromatic carbocycles. The van der Waals surface area contributed by atoms with Gasteiger partial charge in [-0.2, -0.15) is 0 Å². The second-order valence-corrected chi connectivity index (χ2v) is 4.58. The maximum absolute atomic E-state index is 13.7. The van der Waals surface area contributed by atoms with Gasteiger partial charge in [0.25, 0.3) is 0 Å². The molecule has 0 radical (unpaired) electrons. The topological polar surface area (TPSA) is 17.0 Å². The minimum Gasteiger partial charge on any atom is -0.346 e. The van der Waals surface area contributed by atoms with Gasteiger partial charge >= 0.3 is 0 Å². The Morgan fingerprint density at radius 3 is 2.89 bits per heavy atom. The van der Waals surface area contributed by atoms with Crippen LogP contribution in [-0.2, 0) is 13.1 Å². The summed E-state index contributed by atoms with van der Waals surface area (Å²) in [5.41, 5.74) is 1.79. The van der Waals surface area contributed by atoms with Crippen LogP contribution in [0.15, 0.2) is 36.5 Å². The lowest BCUT2D eigenvalue weighted by atomic mass is 10.2. The fourth-order valence-corrected chi connectivity index (χ4v) is 2.01. The zero-order chi connectivity index (χ0) is 13.0. The smallest absolute Gasteiger partial charge is 0.129 e. The highest BCUT2D eigenvalue weighted by molar-refractivity contribution is 6.30. The number of nitrogens with one attached hydrogen (secondary N) is 1. The molecule has 0 unspecified atom stereocenters. The number of rotatable bonds is 5. The Kier molecular flexibility index (Phi) is 4.39. The lowest BCUT2D eigenvalue weighted by Gasteiger charge is -2.10. The Hall–Kier alpha value is -1.32. The van der Waals surface area contributed by atoms with E-state index in [9.17, 15) is 4.39 Å². The number of halogens is 2. The minimum atomic E-state index is -0.259. The number of benzene rings is 1. The summed E-state index contributed by atoms with van der Waals surface area (Å²) in [5.74, 6) is -0.259. The first-order valence-corrected chi connectivity index (χ1v) is 6.37. The van der Waals surface area contributed by atoms with Crippen LogP contribution in [0.4, 0.5) is 4.39 Å². The summed E-state index contributed by atoms with van der Waals surface area (Å²) in [6.45, 7) is 4.29. The first-order valence-electron chi connectivity index (χ1n) is 5.99. The molecule has 2 rings (SSSR count). The van der Waals surface area contributed by atoms with Gasteiger partial charge in [-0.05, 0) is 30.8 Å². The fraction of sp³-hybridized carbons (Fsp3) is 0.286. The molecule has 0 fully saturated rings. The van der Waals surface area contributed by atoms with Gasteiger partial charge in [0, 0.05) is 29.0 Å². The van der Waals surface area contributed by atoms with Crippen molar-refractivity contribution in [2.45, 2.75) is 20.0 Å². The van der Waals surface area contributed by atoms with Gasteiger partial charge in [-0.1, -0.05) is 24.6 Å². The summed E-state index contributed by atoms with van der Waals surface area (Å²) in [6.07, 6.45) is 1.96. The van der Waals surface area contributed by atoms with Crippen molar-refractivity contribution in [3.8, 4) is 0 Å². The zero-order valence-corrected chi connectivity index (χ0v) is 11.0. The van der Waals surface area contributed by atoms with Crippen LogP contribution in [0.3, 0.4) is 0 Å². The Labute approximate surface area is 111 Å². The van der Waals surface area contributed by atoms with Crippen LogP contribution in [0, 0.1) is 5.82 Å². The molecule has 1 aromatic heterocycles. The largest absolute Gasteiger partial charge is 0.346 e. The second-order valence-electron chi connectivity index (χ2n) is 4.14. The molecule has 0 amide bonds. The van der Waals surface area contributed by atoms with Gasteiger partial charge in [0.2, 0.25) is 0 Å². The maximum atomic E-state index is 13.7. The molecule has 0 atom stereocenters. The van der Waals surface area contributed by atoms with E-state index in [2.05, 4.69) is 12.2 Å². The van der Waals surface area contributed by atoms with Gasteiger partial charge in [0.1, 0.15) is 5.82 Å². The van der Waals surface area contributed by atoms with E-state index in [4.69, 9.17) is 11.6 Å². The van der Waals surface area contributed by atoms with Gasteiger partial charge in [-0.3, -0.25) is 0 Å². The first-order chi connectivity index (χ1) is 8.70. The monoisotopic (exact) mass is 266 g/mol. The Balaban J connectivity index is 2.15. The minimum absolute atomic E-state index is 0.259. The zero-order valence-electron chi connectivity index (χ0n) is 10.3. The van der Waals surface area contributed by atoms with Crippen LogP contribution in [0.25, 0.3) is 0 Å². The third kappa shape index (κ3) is 3.12. The predicted molar refractivity (Wildman–Crippen MR) is 72.3 cm³/mol. The SMILES string of the molecule is CCNCc1cccn1Cc1ccc(Cl)cc1F. The Morgan fingerprint density at radius 2 is 2.17 bits per heavy atom. The molecule has 0 spiro atoms.